The Morgan fingerprint density at radius 1 is 1.00 bits per heavy atom. The van der Waals surface area contributed by atoms with Gasteiger partial charge in [0.1, 0.15) is 18.0 Å². The van der Waals surface area contributed by atoms with Crippen LogP contribution in [0.1, 0.15) is 21.8 Å². The third-order valence-corrected chi connectivity index (χ3v) is 5.92. The van der Waals surface area contributed by atoms with E-state index in [0.29, 0.717) is 12.2 Å². The van der Waals surface area contributed by atoms with Crippen LogP contribution >= 0.6 is 11.3 Å². The largest absolute Gasteiger partial charge is 0.497 e. The lowest BCUT2D eigenvalue weighted by Gasteiger charge is -2.00. The number of benzene rings is 2. The summed E-state index contributed by atoms with van der Waals surface area (Å²) in [5.41, 5.74) is 3.46. The summed E-state index contributed by atoms with van der Waals surface area (Å²) in [6, 6.07) is 18.3. The Bertz CT molecular complexity index is 1400. The predicted octanol–water partition coefficient (Wildman–Crippen LogP) is 2.75. The van der Waals surface area contributed by atoms with Crippen molar-refractivity contribution in [1.29, 1.82) is 0 Å². The molecule has 1 amide bonds. The minimum absolute atomic E-state index is 0.304. The van der Waals surface area contributed by atoms with Gasteiger partial charge in [-0.1, -0.05) is 6.07 Å². The molecule has 1 N–H and O–H groups in total. The summed E-state index contributed by atoms with van der Waals surface area (Å²) >= 11 is 1.55. The molecule has 0 aliphatic heterocycles. The molecule has 0 saturated carbocycles. The summed E-state index contributed by atoms with van der Waals surface area (Å²) in [5.74, 6) is 1.37. The fourth-order valence-corrected chi connectivity index (χ4v) is 3.90. The van der Waals surface area contributed by atoms with E-state index in [1.54, 1.807) is 68.2 Å². The van der Waals surface area contributed by atoms with Crippen LogP contribution in [0, 0.1) is 0 Å². The Morgan fingerprint density at radius 3 is 2.22 bits per heavy atom. The highest BCUT2D eigenvalue weighted by molar-refractivity contribution is 7.09. The summed E-state index contributed by atoms with van der Waals surface area (Å²) in [6.45, 7) is -0.304. The monoisotopic (exact) mass is 504 g/mol. The Morgan fingerprint density at radius 2 is 1.64 bits per heavy atom. The van der Waals surface area contributed by atoms with Gasteiger partial charge in [-0.05, 0) is 71.1 Å². The van der Waals surface area contributed by atoms with E-state index in [-0.39, 0.29) is 6.54 Å². The van der Waals surface area contributed by atoms with Crippen molar-refractivity contribution >= 4 is 29.7 Å². The van der Waals surface area contributed by atoms with Crippen molar-refractivity contribution in [3.63, 3.8) is 0 Å². The van der Waals surface area contributed by atoms with E-state index in [9.17, 15) is 9.59 Å². The van der Waals surface area contributed by atoms with Crippen molar-refractivity contribution in [2.45, 2.75) is 13.0 Å². The Labute approximate surface area is 211 Å². The van der Waals surface area contributed by atoms with Gasteiger partial charge in [-0.25, -0.2) is 14.9 Å². The van der Waals surface area contributed by atoms with E-state index >= 15 is 0 Å². The fraction of sp³-hybridized carbons (Fsp3) is 0.160. The van der Waals surface area contributed by atoms with Gasteiger partial charge in [0.25, 0.3) is 5.91 Å². The van der Waals surface area contributed by atoms with Crippen molar-refractivity contribution in [1.82, 2.24) is 19.9 Å². The highest BCUT2D eigenvalue weighted by atomic mass is 32.1. The number of thiophene rings is 1. The number of rotatable bonds is 10. The summed E-state index contributed by atoms with van der Waals surface area (Å²) in [7, 11) is 3.18. The summed E-state index contributed by atoms with van der Waals surface area (Å²) in [5, 5.41) is 14.6. The average molecular weight is 505 g/mol. The first-order valence-electron chi connectivity index (χ1n) is 10.9. The van der Waals surface area contributed by atoms with Crippen LogP contribution in [0.15, 0.2) is 81.0 Å². The van der Waals surface area contributed by atoms with Crippen molar-refractivity contribution < 1.29 is 14.3 Å². The number of nitrogens with one attached hydrogen (secondary N) is 1. The number of hydrazone groups is 1. The molecule has 2 aromatic heterocycles. The molecule has 0 atom stereocenters. The van der Waals surface area contributed by atoms with Gasteiger partial charge in [0.15, 0.2) is 5.82 Å². The van der Waals surface area contributed by atoms with Crippen LogP contribution in [-0.2, 0) is 17.8 Å². The highest BCUT2D eigenvalue weighted by Gasteiger charge is 2.16. The summed E-state index contributed by atoms with van der Waals surface area (Å²) < 4.78 is 12.6. The lowest BCUT2D eigenvalue weighted by molar-refractivity contribution is -0.121. The van der Waals surface area contributed by atoms with Crippen LogP contribution in [0.4, 0.5) is 0 Å². The average Bonchev–Trinajstić information content (AvgIpc) is 3.51. The molecule has 0 aliphatic carbocycles. The van der Waals surface area contributed by atoms with Gasteiger partial charge in [0, 0.05) is 11.3 Å². The topological polar surface area (TPSA) is 112 Å². The highest BCUT2D eigenvalue weighted by Crippen LogP contribution is 2.14. The van der Waals surface area contributed by atoms with Gasteiger partial charge < -0.3 is 9.47 Å². The standard InChI is InChI=1S/C25H24N6O4S/c1-34-20-9-5-18(6-10-20)15-26-28-24(32)17-30-25(33)31(23(29-30)14-22-4-3-13-36-22)27-16-19-7-11-21(35-2)12-8-19/h3-13,15-16H,14,17H2,1-2H3,(H,28,32)/b26-15+,27-16+. The van der Waals surface area contributed by atoms with Crippen molar-refractivity contribution in [3.05, 3.63) is 98.4 Å². The van der Waals surface area contributed by atoms with Gasteiger partial charge in [-0.2, -0.15) is 20.0 Å². The second kappa shape index (κ2) is 11.8. The van der Waals surface area contributed by atoms with Crippen LogP contribution in [0.3, 0.4) is 0 Å². The second-order valence-corrected chi connectivity index (χ2v) is 8.54. The number of carbonyl (C=O) groups excluding carboxylic acids is 1. The third kappa shape index (κ3) is 6.33. The van der Waals surface area contributed by atoms with E-state index in [1.807, 2.05) is 29.6 Å². The molecule has 4 aromatic rings. The van der Waals surface area contributed by atoms with Gasteiger partial charge in [0.2, 0.25) is 0 Å². The van der Waals surface area contributed by atoms with Crippen LogP contribution in [-0.4, -0.2) is 47.0 Å². The molecule has 0 aliphatic rings. The zero-order valence-corrected chi connectivity index (χ0v) is 20.5. The van der Waals surface area contributed by atoms with Crippen LogP contribution in [0.25, 0.3) is 0 Å². The Hall–Kier alpha value is -4.51. The molecular weight excluding hydrogens is 480 g/mol. The second-order valence-electron chi connectivity index (χ2n) is 7.51. The quantitative estimate of drug-likeness (QED) is 0.264. The first-order valence-corrected chi connectivity index (χ1v) is 11.8. The van der Waals surface area contributed by atoms with Crippen LogP contribution in [0.5, 0.6) is 11.5 Å². The number of hydrogen-bond acceptors (Lipinski definition) is 8. The molecule has 0 unspecified atom stereocenters. The number of aromatic nitrogens is 3. The molecule has 0 spiro atoms. The maximum atomic E-state index is 13.0. The van der Waals surface area contributed by atoms with Crippen molar-refractivity contribution in [2.24, 2.45) is 10.2 Å². The molecule has 0 fully saturated rings. The number of amides is 1. The molecule has 11 heteroatoms. The molecule has 2 heterocycles. The van der Waals surface area contributed by atoms with Crippen LogP contribution < -0.4 is 20.6 Å². The smallest absolute Gasteiger partial charge is 0.367 e. The number of methoxy groups -OCH3 is 2. The SMILES string of the molecule is COc1ccc(/C=N/NC(=O)Cn2nc(Cc3cccs3)n(/N=C/c3ccc(OC)cc3)c2=O)cc1. The number of ether oxygens (including phenoxy) is 2. The van der Waals surface area contributed by atoms with E-state index in [2.05, 4.69) is 20.7 Å². The van der Waals surface area contributed by atoms with E-state index in [0.717, 1.165) is 32.2 Å². The van der Waals surface area contributed by atoms with Crippen molar-refractivity contribution in [2.75, 3.05) is 14.2 Å². The molecule has 0 bridgehead atoms. The fourth-order valence-electron chi connectivity index (χ4n) is 3.20. The molecule has 4 rings (SSSR count). The minimum atomic E-state index is -0.527. The summed E-state index contributed by atoms with van der Waals surface area (Å²) in [6.07, 6.45) is 3.46. The lowest BCUT2D eigenvalue weighted by atomic mass is 10.2. The molecular formula is C25H24N6O4S. The molecule has 36 heavy (non-hydrogen) atoms. The van der Waals surface area contributed by atoms with Crippen molar-refractivity contribution in [3.8, 4) is 11.5 Å². The number of carbonyl (C=O) groups is 1. The molecule has 184 valence electrons. The molecule has 10 nitrogen and oxygen atoms in total. The van der Waals surface area contributed by atoms with E-state index in [4.69, 9.17) is 9.47 Å². The van der Waals surface area contributed by atoms with Gasteiger partial charge in [-0.15, -0.1) is 11.3 Å². The van der Waals surface area contributed by atoms with Gasteiger partial charge in [-0.3, -0.25) is 4.79 Å². The summed E-state index contributed by atoms with van der Waals surface area (Å²) in [4.78, 5) is 26.5. The van der Waals surface area contributed by atoms with E-state index < -0.39 is 11.6 Å². The lowest BCUT2D eigenvalue weighted by Crippen LogP contribution is -2.31. The maximum Gasteiger partial charge on any atom is 0.367 e. The van der Waals surface area contributed by atoms with Gasteiger partial charge in [0.05, 0.1) is 26.6 Å². The molecule has 0 saturated heterocycles. The van der Waals surface area contributed by atoms with Crippen LogP contribution in [0.2, 0.25) is 0 Å². The number of nitrogens with zero attached hydrogens (tertiary/aromatic N) is 5. The molecule has 0 radical (unpaired) electrons. The first-order chi connectivity index (χ1) is 17.6. The predicted molar refractivity (Wildman–Crippen MR) is 138 cm³/mol. The maximum absolute atomic E-state index is 13.0. The zero-order chi connectivity index (χ0) is 25.3. The van der Waals surface area contributed by atoms with Gasteiger partial charge >= 0.3 is 5.69 Å². The number of hydrogen-bond donors (Lipinski definition) is 1. The normalized spacial score (nSPS) is 11.3. The minimum Gasteiger partial charge on any atom is -0.497 e. The molecule has 2 aromatic carbocycles. The Balaban J connectivity index is 1.50. The Kier molecular flexibility index (Phi) is 8.04. The third-order valence-electron chi connectivity index (χ3n) is 5.05. The zero-order valence-electron chi connectivity index (χ0n) is 19.7. The van der Waals surface area contributed by atoms with E-state index in [1.165, 1.54) is 10.9 Å². The first kappa shape index (κ1) is 24.6.